The van der Waals surface area contributed by atoms with Gasteiger partial charge in [0.25, 0.3) is 0 Å². The summed E-state index contributed by atoms with van der Waals surface area (Å²) < 4.78 is 5.39. The van der Waals surface area contributed by atoms with Gasteiger partial charge >= 0.3 is 5.97 Å². The lowest BCUT2D eigenvalue weighted by Gasteiger charge is -2.23. The predicted octanol–water partition coefficient (Wildman–Crippen LogP) is 1.39. The molecule has 78 valence electrons. The molecule has 1 fully saturated rings. The Balaban J connectivity index is 1.76. The van der Waals surface area contributed by atoms with Crippen LogP contribution in [0.5, 0.6) is 0 Å². The number of piperidine rings is 1. The third-order valence-electron chi connectivity index (χ3n) is 2.84. The predicted molar refractivity (Wildman–Crippen MR) is 53.9 cm³/mol. The first-order valence-corrected chi connectivity index (χ1v) is 5.45. The minimum absolute atomic E-state index is 0.0515. The van der Waals surface area contributed by atoms with Crippen molar-refractivity contribution >= 4 is 5.97 Å². The number of esters is 1. The summed E-state index contributed by atoms with van der Waals surface area (Å²) in [6.45, 7) is 0.947. The molecule has 0 aromatic carbocycles. The second-order valence-electron chi connectivity index (χ2n) is 4.00. The molecule has 0 spiro atoms. The first-order valence-electron chi connectivity index (χ1n) is 5.45. The highest BCUT2D eigenvalue weighted by molar-refractivity contribution is 5.76. The van der Waals surface area contributed by atoms with Gasteiger partial charge in [-0.25, -0.2) is 0 Å². The van der Waals surface area contributed by atoms with Crippen LogP contribution in [0, 0.1) is 0 Å². The van der Waals surface area contributed by atoms with E-state index in [-0.39, 0.29) is 18.1 Å². The Morgan fingerprint density at radius 1 is 1.29 bits per heavy atom. The fourth-order valence-corrected chi connectivity index (χ4v) is 1.99. The quantitative estimate of drug-likeness (QED) is 0.534. The van der Waals surface area contributed by atoms with Gasteiger partial charge in [-0.2, -0.15) is 0 Å². The Bertz CT molecular complexity index is 223. The fourth-order valence-electron chi connectivity index (χ4n) is 1.99. The third-order valence-corrected chi connectivity index (χ3v) is 2.84. The number of hydrogen-bond acceptors (Lipinski definition) is 3. The lowest BCUT2D eigenvalue weighted by Crippen LogP contribution is -2.42. The van der Waals surface area contributed by atoms with Gasteiger partial charge in [0.15, 0.2) is 0 Å². The molecule has 1 saturated heterocycles. The van der Waals surface area contributed by atoms with E-state index in [0.717, 1.165) is 32.2 Å². The first-order chi connectivity index (χ1) is 6.86. The topological polar surface area (TPSA) is 38.3 Å². The van der Waals surface area contributed by atoms with E-state index in [2.05, 4.69) is 17.5 Å². The normalized spacial score (nSPS) is 27.9. The maximum absolute atomic E-state index is 11.6. The maximum atomic E-state index is 11.6. The van der Waals surface area contributed by atoms with Crippen LogP contribution in [0.3, 0.4) is 0 Å². The molecule has 0 aromatic heterocycles. The average molecular weight is 195 g/mol. The van der Waals surface area contributed by atoms with Gasteiger partial charge in [-0.3, -0.25) is 4.79 Å². The van der Waals surface area contributed by atoms with Crippen LogP contribution in [-0.2, 0) is 9.53 Å². The minimum Gasteiger partial charge on any atom is -0.461 e. The van der Waals surface area contributed by atoms with E-state index >= 15 is 0 Å². The molecule has 0 bridgehead atoms. The molecule has 1 unspecified atom stereocenters. The van der Waals surface area contributed by atoms with Gasteiger partial charge < -0.3 is 10.1 Å². The molecule has 1 aliphatic heterocycles. The Labute approximate surface area is 84.5 Å². The zero-order chi connectivity index (χ0) is 9.80. The van der Waals surface area contributed by atoms with Gasteiger partial charge in [-0.15, -0.1) is 0 Å². The summed E-state index contributed by atoms with van der Waals surface area (Å²) in [5, 5.41) is 3.20. The monoisotopic (exact) mass is 195 g/mol. The minimum atomic E-state index is -0.0570. The second kappa shape index (κ2) is 4.60. The van der Waals surface area contributed by atoms with Crippen LogP contribution in [0.1, 0.15) is 32.1 Å². The van der Waals surface area contributed by atoms with Crippen LogP contribution in [0.2, 0.25) is 0 Å². The number of hydrogen-bond donors (Lipinski definition) is 1. The second-order valence-corrected chi connectivity index (χ2v) is 4.00. The van der Waals surface area contributed by atoms with Crippen LogP contribution in [0.4, 0.5) is 0 Å². The van der Waals surface area contributed by atoms with Crippen LogP contribution in [0.25, 0.3) is 0 Å². The molecule has 1 heterocycles. The van der Waals surface area contributed by atoms with Crippen molar-refractivity contribution in [1.29, 1.82) is 0 Å². The number of ether oxygens (including phenoxy) is 1. The molecule has 3 nitrogen and oxygen atoms in total. The summed E-state index contributed by atoms with van der Waals surface area (Å²) in [6.07, 6.45) is 9.27. The van der Waals surface area contributed by atoms with E-state index in [4.69, 9.17) is 4.74 Å². The van der Waals surface area contributed by atoms with Crippen LogP contribution >= 0.6 is 0 Å². The van der Waals surface area contributed by atoms with Crippen LogP contribution < -0.4 is 5.32 Å². The van der Waals surface area contributed by atoms with Crippen LogP contribution in [-0.4, -0.2) is 24.7 Å². The zero-order valence-electron chi connectivity index (χ0n) is 8.37. The highest BCUT2D eigenvalue weighted by Crippen LogP contribution is 2.16. The van der Waals surface area contributed by atoms with Gasteiger partial charge in [-0.1, -0.05) is 18.6 Å². The Morgan fingerprint density at radius 2 is 2.07 bits per heavy atom. The van der Waals surface area contributed by atoms with E-state index < -0.39 is 0 Å². The van der Waals surface area contributed by atoms with Crippen LogP contribution in [0.15, 0.2) is 12.2 Å². The summed E-state index contributed by atoms with van der Waals surface area (Å²) in [7, 11) is 0. The number of carbonyl (C=O) groups is 1. The van der Waals surface area contributed by atoms with Crippen molar-refractivity contribution in [2.45, 2.75) is 44.2 Å². The molecular formula is C11H17NO2. The zero-order valence-corrected chi connectivity index (χ0v) is 8.37. The molecule has 0 aromatic rings. The molecule has 14 heavy (non-hydrogen) atoms. The summed E-state index contributed by atoms with van der Waals surface area (Å²) in [5.74, 6) is -0.0570. The highest BCUT2D eigenvalue weighted by atomic mass is 16.5. The SMILES string of the molecule is O=C(OC1CC=CC1)C1CCCCN1. The van der Waals surface area contributed by atoms with Gasteiger partial charge in [-0.05, 0) is 19.4 Å². The Kier molecular flexibility index (Phi) is 3.19. The van der Waals surface area contributed by atoms with Crippen molar-refractivity contribution in [3.63, 3.8) is 0 Å². The Morgan fingerprint density at radius 3 is 2.71 bits per heavy atom. The van der Waals surface area contributed by atoms with Gasteiger partial charge in [0.05, 0.1) is 0 Å². The van der Waals surface area contributed by atoms with Crippen molar-refractivity contribution in [3.8, 4) is 0 Å². The molecule has 1 atom stereocenters. The van der Waals surface area contributed by atoms with Gasteiger partial charge in [0, 0.05) is 12.8 Å². The number of rotatable bonds is 2. The highest BCUT2D eigenvalue weighted by Gasteiger charge is 2.24. The molecule has 0 radical (unpaired) electrons. The summed E-state index contributed by atoms with van der Waals surface area (Å²) >= 11 is 0. The van der Waals surface area contributed by atoms with Gasteiger partial charge in [0.1, 0.15) is 12.1 Å². The fraction of sp³-hybridized carbons (Fsp3) is 0.727. The standard InChI is InChI=1S/C11H17NO2/c13-11(10-7-3-4-8-12-10)14-9-5-1-2-6-9/h1-2,9-10,12H,3-8H2. The molecule has 2 rings (SSSR count). The summed E-state index contributed by atoms with van der Waals surface area (Å²) in [4.78, 5) is 11.6. The summed E-state index contributed by atoms with van der Waals surface area (Å²) in [5.41, 5.74) is 0. The molecule has 0 saturated carbocycles. The van der Waals surface area contributed by atoms with Crippen molar-refractivity contribution in [2.75, 3.05) is 6.54 Å². The van der Waals surface area contributed by atoms with E-state index in [0.29, 0.717) is 0 Å². The molecule has 1 N–H and O–H groups in total. The molecule has 1 aliphatic carbocycles. The van der Waals surface area contributed by atoms with Crippen molar-refractivity contribution < 1.29 is 9.53 Å². The van der Waals surface area contributed by atoms with Crippen molar-refractivity contribution in [1.82, 2.24) is 5.32 Å². The number of nitrogens with one attached hydrogen (secondary N) is 1. The molecule has 3 heteroatoms. The lowest BCUT2D eigenvalue weighted by molar-refractivity contribution is -0.151. The van der Waals surface area contributed by atoms with Crippen molar-refractivity contribution in [2.24, 2.45) is 0 Å². The average Bonchev–Trinajstić information content (AvgIpc) is 2.72. The van der Waals surface area contributed by atoms with E-state index in [9.17, 15) is 4.79 Å². The maximum Gasteiger partial charge on any atom is 0.323 e. The van der Waals surface area contributed by atoms with Gasteiger partial charge in [0.2, 0.25) is 0 Å². The van der Waals surface area contributed by atoms with E-state index in [1.807, 2.05) is 0 Å². The lowest BCUT2D eigenvalue weighted by atomic mass is 10.1. The molecule has 0 amide bonds. The largest absolute Gasteiger partial charge is 0.461 e. The van der Waals surface area contributed by atoms with E-state index in [1.54, 1.807) is 0 Å². The smallest absolute Gasteiger partial charge is 0.323 e. The molecule has 2 aliphatic rings. The Hall–Kier alpha value is -0.830. The third kappa shape index (κ3) is 2.35. The summed E-state index contributed by atoms with van der Waals surface area (Å²) in [6, 6.07) is -0.0515. The first kappa shape index (κ1) is 9.71. The van der Waals surface area contributed by atoms with Crippen molar-refractivity contribution in [3.05, 3.63) is 12.2 Å². The molecular weight excluding hydrogens is 178 g/mol. The number of carbonyl (C=O) groups excluding carboxylic acids is 1. The van der Waals surface area contributed by atoms with E-state index in [1.165, 1.54) is 6.42 Å².